The van der Waals surface area contributed by atoms with Crippen LogP contribution in [0.15, 0.2) is 59.5 Å². The number of hydrogen-bond acceptors (Lipinski definition) is 5. The summed E-state index contributed by atoms with van der Waals surface area (Å²) in [7, 11) is 0. The van der Waals surface area contributed by atoms with Crippen LogP contribution in [0.4, 0.5) is 5.82 Å². The van der Waals surface area contributed by atoms with Crippen LogP contribution in [0.3, 0.4) is 0 Å². The van der Waals surface area contributed by atoms with Crippen LogP contribution in [-0.2, 0) is 0 Å². The lowest BCUT2D eigenvalue weighted by Crippen LogP contribution is -2.59. The van der Waals surface area contributed by atoms with Gasteiger partial charge in [0.05, 0.1) is 23.2 Å². The van der Waals surface area contributed by atoms with Crippen LogP contribution in [0, 0.1) is 12.8 Å². The van der Waals surface area contributed by atoms with Crippen LogP contribution in [0.25, 0.3) is 0 Å². The van der Waals surface area contributed by atoms with E-state index in [1.165, 1.54) is 5.57 Å². The van der Waals surface area contributed by atoms with Crippen LogP contribution >= 0.6 is 24.0 Å². The molecule has 1 saturated heterocycles. The predicted octanol–water partition coefficient (Wildman–Crippen LogP) is 4.21. The normalized spacial score (nSPS) is 23.6. The summed E-state index contributed by atoms with van der Waals surface area (Å²) >= 11 is 7.75. The number of piperazine rings is 1. The average Bonchev–Trinajstić information content (AvgIpc) is 2.99. The molecule has 5 nitrogen and oxygen atoms in total. The third-order valence-corrected chi connectivity index (χ3v) is 7.11. The highest BCUT2D eigenvalue weighted by Crippen LogP contribution is 2.32. The van der Waals surface area contributed by atoms with Crippen LogP contribution < -0.4 is 10.2 Å². The van der Waals surface area contributed by atoms with E-state index in [0.29, 0.717) is 17.2 Å². The van der Waals surface area contributed by atoms with Gasteiger partial charge in [0.2, 0.25) is 0 Å². The molecular weight excluding hydrogens is 410 g/mol. The van der Waals surface area contributed by atoms with Gasteiger partial charge in [0.25, 0.3) is 0 Å². The molecule has 1 fully saturated rings. The molecule has 1 aromatic heterocycles. The Hall–Kier alpha value is -2.12. The zero-order valence-corrected chi connectivity index (χ0v) is 19.4. The number of thioether (sulfide) groups is 1. The number of allylic oxidation sites excluding steroid dienone is 5. The van der Waals surface area contributed by atoms with Crippen molar-refractivity contribution >= 4 is 34.9 Å². The zero-order chi connectivity index (χ0) is 21.1. The first-order valence-electron chi connectivity index (χ1n) is 10.5. The van der Waals surface area contributed by atoms with E-state index in [4.69, 9.17) is 12.2 Å². The summed E-state index contributed by atoms with van der Waals surface area (Å²) in [5.74, 6) is 1.42. The molecule has 2 atom stereocenters. The fraction of sp³-hybridized carbons (Fsp3) is 0.435. The first kappa shape index (κ1) is 21.1. The van der Waals surface area contributed by atoms with Gasteiger partial charge in [-0.3, -0.25) is 4.98 Å². The van der Waals surface area contributed by atoms with Crippen LogP contribution in [-0.4, -0.2) is 50.9 Å². The molecule has 0 radical (unpaired) electrons. The summed E-state index contributed by atoms with van der Waals surface area (Å²) in [6.45, 7) is 9.16. The number of aromatic nitrogens is 2. The van der Waals surface area contributed by atoms with Crippen molar-refractivity contribution in [2.75, 3.05) is 24.5 Å². The SMILES string of the molecule is Cc1cncc(N2CCN(C(=S)NC3=CC=CC4SC=CCC=C34)C(C(C)C)C2)n1. The number of anilines is 1. The van der Waals surface area contributed by atoms with Gasteiger partial charge in [-0.2, -0.15) is 0 Å². The lowest BCUT2D eigenvalue weighted by molar-refractivity contribution is 0.223. The van der Waals surface area contributed by atoms with Gasteiger partial charge in [-0.15, -0.1) is 11.8 Å². The Bertz CT molecular complexity index is 918. The molecule has 0 spiro atoms. The molecule has 0 saturated carbocycles. The Balaban J connectivity index is 1.48. The van der Waals surface area contributed by atoms with E-state index in [0.717, 1.165) is 48.4 Å². The molecule has 1 N–H and O–H groups in total. The fourth-order valence-electron chi connectivity index (χ4n) is 4.09. The molecule has 2 unspecified atom stereocenters. The lowest BCUT2D eigenvalue weighted by atomic mass is 9.99. The van der Waals surface area contributed by atoms with Crippen LogP contribution in [0.5, 0.6) is 0 Å². The minimum atomic E-state index is 0.316. The third-order valence-electron chi connectivity index (χ3n) is 5.72. The van der Waals surface area contributed by atoms with E-state index < -0.39 is 0 Å². The van der Waals surface area contributed by atoms with Crippen LogP contribution in [0.2, 0.25) is 0 Å². The highest BCUT2D eigenvalue weighted by molar-refractivity contribution is 8.03. The van der Waals surface area contributed by atoms with Crippen molar-refractivity contribution in [2.45, 2.75) is 38.5 Å². The highest BCUT2D eigenvalue weighted by Gasteiger charge is 2.32. The summed E-state index contributed by atoms with van der Waals surface area (Å²) in [5.41, 5.74) is 3.40. The number of nitrogens with zero attached hydrogens (tertiary/aromatic N) is 4. The van der Waals surface area contributed by atoms with E-state index in [2.05, 4.69) is 74.7 Å². The van der Waals surface area contributed by atoms with E-state index >= 15 is 0 Å². The summed E-state index contributed by atoms with van der Waals surface area (Å²) in [4.78, 5) is 13.7. The zero-order valence-electron chi connectivity index (χ0n) is 17.8. The van der Waals surface area contributed by atoms with Gasteiger partial charge in [-0.25, -0.2) is 4.98 Å². The second kappa shape index (κ2) is 9.35. The van der Waals surface area contributed by atoms with E-state index in [1.54, 1.807) is 6.20 Å². The summed E-state index contributed by atoms with van der Waals surface area (Å²) < 4.78 is 0. The number of thiocarbonyl (C=S) groups is 1. The smallest absolute Gasteiger partial charge is 0.173 e. The molecule has 1 aromatic rings. The summed E-state index contributed by atoms with van der Waals surface area (Å²) in [6, 6.07) is 0.316. The molecule has 4 rings (SSSR count). The molecule has 3 heterocycles. The number of fused-ring (bicyclic) bond motifs is 1. The maximum atomic E-state index is 5.91. The first-order valence-corrected chi connectivity index (χ1v) is 11.9. The monoisotopic (exact) mass is 439 g/mol. The first-order chi connectivity index (χ1) is 14.5. The van der Waals surface area contributed by atoms with Gasteiger partial charge < -0.3 is 15.1 Å². The second-order valence-corrected chi connectivity index (χ2v) is 9.63. The van der Waals surface area contributed by atoms with Crippen molar-refractivity contribution in [3.05, 3.63) is 65.1 Å². The van der Waals surface area contributed by atoms with Gasteiger partial charge in [-0.05, 0) is 48.5 Å². The highest BCUT2D eigenvalue weighted by atomic mass is 32.2. The number of aryl methyl sites for hydroxylation is 1. The molecule has 0 bridgehead atoms. The molecule has 2 aliphatic heterocycles. The van der Waals surface area contributed by atoms with Crippen molar-refractivity contribution in [3.63, 3.8) is 0 Å². The molecule has 30 heavy (non-hydrogen) atoms. The van der Waals surface area contributed by atoms with Crippen molar-refractivity contribution in [1.29, 1.82) is 0 Å². The Morgan fingerprint density at radius 1 is 1.30 bits per heavy atom. The van der Waals surface area contributed by atoms with Gasteiger partial charge >= 0.3 is 0 Å². The molecule has 0 aromatic carbocycles. The third kappa shape index (κ3) is 4.62. The fourth-order valence-corrected chi connectivity index (χ4v) is 5.37. The maximum absolute atomic E-state index is 5.91. The quantitative estimate of drug-likeness (QED) is 0.708. The van der Waals surface area contributed by atoms with Crippen molar-refractivity contribution in [1.82, 2.24) is 20.2 Å². The average molecular weight is 440 g/mol. The lowest BCUT2D eigenvalue weighted by Gasteiger charge is -2.45. The Labute approximate surface area is 189 Å². The number of hydrogen-bond donors (Lipinski definition) is 1. The molecule has 7 heteroatoms. The Morgan fingerprint density at radius 3 is 2.97 bits per heavy atom. The molecule has 158 valence electrons. The summed E-state index contributed by atoms with van der Waals surface area (Å²) in [5, 5.41) is 6.94. The van der Waals surface area contributed by atoms with Gasteiger partial charge in [0.15, 0.2) is 5.11 Å². The van der Waals surface area contributed by atoms with E-state index in [9.17, 15) is 0 Å². The molecule has 1 aliphatic carbocycles. The topological polar surface area (TPSA) is 44.3 Å². The van der Waals surface area contributed by atoms with Gasteiger partial charge in [0.1, 0.15) is 5.82 Å². The second-order valence-electron chi connectivity index (χ2n) is 8.19. The van der Waals surface area contributed by atoms with Gasteiger partial charge in [-0.1, -0.05) is 38.2 Å². The van der Waals surface area contributed by atoms with Crippen molar-refractivity contribution < 1.29 is 0 Å². The minimum absolute atomic E-state index is 0.316. The predicted molar refractivity (Wildman–Crippen MR) is 130 cm³/mol. The van der Waals surface area contributed by atoms with E-state index in [1.807, 2.05) is 24.9 Å². The molecule has 0 amide bonds. The summed E-state index contributed by atoms with van der Waals surface area (Å²) in [6.07, 6.45) is 15.7. The largest absolute Gasteiger partial charge is 0.351 e. The van der Waals surface area contributed by atoms with Crippen molar-refractivity contribution in [2.24, 2.45) is 5.92 Å². The van der Waals surface area contributed by atoms with Crippen LogP contribution in [0.1, 0.15) is 26.0 Å². The molecule has 3 aliphatic rings. The molecular formula is C23H29N5S2. The number of rotatable bonds is 3. The number of nitrogens with one attached hydrogen (secondary N) is 1. The minimum Gasteiger partial charge on any atom is -0.351 e. The Morgan fingerprint density at radius 2 is 2.17 bits per heavy atom. The van der Waals surface area contributed by atoms with Crippen molar-refractivity contribution in [3.8, 4) is 0 Å². The van der Waals surface area contributed by atoms with Gasteiger partial charge in [0, 0.05) is 31.5 Å². The maximum Gasteiger partial charge on any atom is 0.173 e. The Kier molecular flexibility index (Phi) is 6.58. The standard InChI is InChI=1S/C23H29N5S2/c1-16(2)20-15-27(22-14-24-13-17(3)25-22)10-11-28(20)23(29)26-19-8-6-9-21-18(19)7-4-5-12-30-21/h5-9,12-14,16,20-21H,4,10-11,15H2,1-3H3,(H,26,29). The van der Waals surface area contributed by atoms with E-state index in [-0.39, 0.29) is 0 Å².